The van der Waals surface area contributed by atoms with Crippen LogP contribution in [0.25, 0.3) is 0 Å². The predicted octanol–water partition coefficient (Wildman–Crippen LogP) is 3.83. The third-order valence-electron chi connectivity index (χ3n) is 4.87. The zero-order valence-electron chi connectivity index (χ0n) is 21.1. The molecular weight excluding hydrogens is 475 g/mol. The maximum Gasteiger partial charge on any atom is 0.195 e. The van der Waals surface area contributed by atoms with Gasteiger partial charge in [0.15, 0.2) is 23.8 Å². The van der Waals surface area contributed by atoms with Gasteiger partial charge >= 0.3 is 0 Å². The number of rotatable bonds is 17. The normalized spacial score (nSPS) is 9.59. The molecule has 0 saturated heterocycles. The van der Waals surface area contributed by atoms with E-state index in [0.29, 0.717) is 13.1 Å². The van der Waals surface area contributed by atoms with Crippen molar-refractivity contribution in [1.29, 1.82) is 21.6 Å². The quantitative estimate of drug-likeness (QED) is 0.0787. The predicted molar refractivity (Wildman–Crippen MR) is 150 cm³/mol. The molecule has 0 aliphatic heterocycles. The molecule has 0 spiro atoms. The van der Waals surface area contributed by atoms with Crippen molar-refractivity contribution in [2.24, 2.45) is 0 Å². The van der Waals surface area contributed by atoms with Crippen LogP contribution in [0.2, 0.25) is 0 Å². The highest BCUT2D eigenvalue weighted by molar-refractivity contribution is 5.96. The van der Waals surface area contributed by atoms with E-state index in [1.807, 2.05) is 0 Å². The molecule has 12 heteroatoms. The molecule has 0 rings (SSSR count). The Morgan fingerprint density at radius 2 is 0.647 bits per heavy atom. The van der Waals surface area contributed by atoms with E-state index in [-0.39, 0.29) is 48.7 Å². The van der Waals surface area contributed by atoms with Gasteiger partial charge < -0.3 is 21.3 Å². The number of guanidine groups is 4. The van der Waals surface area contributed by atoms with Crippen molar-refractivity contribution in [2.75, 3.05) is 26.2 Å². The fourth-order valence-electron chi connectivity index (χ4n) is 2.99. The highest BCUT2D eigenvalue weighted by Crippen LogP contribution is 1.98. The summed E-state index contributed by atoms with van der Waals surface area (Å²) in [5.41, 5.74) is 0. The van der Waals surface area contributed by atoms with E-state index in [2.05, 4.69) is 45.7 Å². The first-order valence-corrected chi connectivity index (χ1v) is 12.3. The van der Waals surface area contributed by atoms with E-state index in [1.54, 1.807) is 0 Å². The lowest BCUT2D eigenvalue weighted by atomic mass is 10.2. The van der Waals surface area contributed by atoms with Gasteiger partial charge in [0.1, 0.15) is 0 Å². The molecule has 0 aliphatic rings. The highest BCUT2D eigenvalue weighted by Gasteiger charge is 2.01. The summed E-state index contributed by atoms with van der Waals surface area (Å²) in [4.78, 5) is 0. The molecule has 0 unspecified atom stereocenters. The molecule has 0 aromatic rings. The molecule has 34 heavy (non-hydrogen) atoms. The Morgan fingerprint density at radius 3 is 0.882 bits per heavy atom. The van der Waals surface area contributed by atoms with E-state index in [0.717, 1.165) is 51.6 Å². The van der Waals surface area contributed by atoms with Gasteiger partial charge in [-0.3, -0.25) is 32.3 Å². The van der Waals surface area contributed by atoms with Crippen LogP contribution >= 0.6 is 24.8 Å². The van der Waals surface area contributed by atoms with Crippen LogP contribution in [0.4, 0.5) is 0 Å². The Hall–Kier alpha value is -1.94. The van der Waals surface area contributed by atoms with Crippen molar-refractivity contribution < 1.29 is 0 Å². The largest absolute Gasteiger partial charge is 0.356 e. The summed E-state index contributed by atoms with van der Waals surface area (Å²) in [5.74, 6) is 0.638. The van der Waals surface area contributed by atoms with Crippen LogP contribution in [0.5, 0.6) is 0 Å². The molecule has 0 radical (unpaired) electrons. The second-order valence-corrected chi connectivity index (χ2v) is 7.99. The van der Waals surface area contributed by atoms with Gasteiger partial charge in [0.25, 0.3) is 0 Å². The van der Waals surface area contributed by atoms with Crippen molar-refractivity contribution in [3.05, 3.63) is 0 Å². The van der Waals surface area contributed by atoms with Crippen molar-refractivity contribution >= 4 is 48.7 Å². The van der Waals surface area contributed by atoms with Crippen LogP contribution in [-0.4, -0.2) is 50.0 Å². The van der Waals surface area contributed by atoms with Crippen LogP contribution < -0.4 is 31.9 Å². The highest BCUT2D eigenvalue weighted by atomic mass is 35.5. The van der Waals surface area contributed by atoms with Gasteiger partial charge in [0, 0.05) is 26.2 Å². The topological polar surface area (TPSA) is 168 Å². The fraction of sp³-hybridized carbons (Fsp3) is 0.818. The molecule has 0 amide bonds. The molecule has 10 nitrogen and oxygen atoms in total. The van der Waals surface area contributed by atoms with E-state index < -0.39 is 0 Å². The lowest BCUT2D eigenvalue weighted by Gasteiger charge is -2.13. The van der Waals surface area contributed by atoms with Crippen molar-refractivity contribution in [3.8, 4) is 0 Å². The van der Waals surface area contributed by atoms with Crippen molar-refractivity contribution in [1.82, 2.24) is 31.9 Å². The van der Waals surface area contributed by atoms with Crippen LogP contribution in [0, 0.1) is 21.6 Å². The monoisotopic (exact) mass is 524 g/mol. The van der Waals surface area contributed by atoms with Crippen LogP contribution in [0.1, 0.15) is 90.9 Å². The van der Waals surface area contributed by atoms with Crippen molar-refractivity contribution in [2.45, 2.75) is 90.9 Å². The van der Waals surface area contributed by atoms with E-state index in [9.17, 15) is 0 Å². The Kier molecular flexibility index (Phi) is 29.4. The maximum atomic E-state index is 7.82. The average molecular weight is 526 g/mol. The number of hydrogen-bond donors (Lipinski definition) is 10. The number of nitrogens with one attached hydrogen (secondary N) is 10. The number of halogens is 2. The van der Waals surface area contributed by atoms with Gasteiger partial charge in [-0.25, -0.2) is 0 Å². The molecule has 0 aromatic carbocycles. The molecule has 0 aliphatic carbocycles. The summed E-state index contributed by atoms with van der Waals surface area (Å²) in [6.07, 6.45) is 13.2. The third kappa shape index (κ3) is 26.3. The van der Waals surface area contributed by atoms with E-state index in [1.165, 1.54) is 38.5 Å². The van der Waals surface area contributed by atoms with E-state index in [4.69, 9.17) is 21.6 Å². The molecule has 0 saturated carbocycles. The zero-order chi connectivity index (χ0) is 23.9. The van der Waals surface area contributed by atoms with Gasteiger partial charge in [-0.1, -0.05) is 65.2 Å². The smallest absolute Gasteiger partial charge is 0.195 e. The minimum Gasteiger partial charge on any atom is -0.356 e. The number of hydrogen-bond acceptors (Lipinski definition) is 4. The minimum atomic E-state index is 0. The SMILES string of the molecule is CCCCCCNC(=N)NC(=N)NCCCCCCNC(=N)NC(=N)NCCCCCC.Cl.Cl. The first-order valence-electron chi connectivity index (χ1n) is 12.3. The summed E-state index contributed by atoms with van der Waals surface area (Å²) < 4.78 is 0. The Morgan fingerprint density at radius 1 is 0.412 bits per heavy atom. The molecule has 0 bridgehead atoms. The molecule has 0 atom stereocenters. The maximum absolute atomic E-state index is 7.82. The third-order valence-corrected chi connectivity index (χ3v) is 4.87. The molecule has 202 valence electrons. The van der Waals surface area contributed by atoms with Gasteiger partial charge in [0.2, 0.25) is 0 Å². The first kappa shape index (κ1) is 36.6. The molecule has 10 N–H and O–H groups in total. The second kappa shape index (κ2) is 27.3. The number of unbranched alkanes of at least 4 members (excludes halogenated alkanes) is 9. The summed E-state index contributed by atoms with van der Waals surface area (Å²) in [7, 11) is 0. The van der Waals surface area contributed by atoms with Gasteiger partial charge in [-0.15, -0.1) is 24.8 Å². The fourth-order valence-corrected chi connectivity index (χ4v) is 2.99. The molecule has 0 fully saturated rings. The van der Waals surface area contributed by atoms with Crippen LogP contribution in [0.3, 0.4) is 0 Å². The van der Waals surface area contributed by atoms with Gasteiger partial charge in [-0.05, 0) is 25.7 Å². The summed E-state index contributed by atoms with van der Waals surface area (Å²) in [5, 5.41) is 48.5. The van der Waals surface area contributed by atoms with Crippen molar-refractivity contribution in [3.63, 3.8) is 0 Å². The summed E-state index contributed by atoms with van der Waals surface area (Å²) in [6, 6.07) is 0. The minimum absolute atomic E-state index is 0. The lowest BCUT2D eigenvalue weighted by Crippen LogP contribution is -2.46. The second-order valence-electron chi connectivity index (χ2n) is 7.99. The molecule has 0 aromatic heterocycles. The molecular formula is C22H50Cl2N10. The Balaban J connectivity index is -0.00000480. The van der Waals surface area contributed by atoms with Gasteiger partial charge in [-0.2, -0.15) is 0 Å². The van der Waals surface area contributed by atoms with Crippen LogP contribution in [-0.2, 0) is 0 Å². The summed E-state index contributed by atoms with van der Waals surface area (Å²) >= 11 is 0. The van der Waals surface area contributed by atoms with Crippen LogP contribution in [0.15, 0.2) is 0 Å². The van der Waals surface area contributed by atoms with E-state index >= 15 is 0 Å². The van der Waals surface area contributed by atoms with Gasteiger partial charge in [0.05, 0.1) is 0 Å². The Bertz CT molecular complexity index is 486. The summed E-state index contributed by atoms with van der Waals surface area (Å²) in [6.45, 7) is 7.26. The zero-order valence-corrected chi connectivity index (χ0v) is 22.8. The standard InChI is InChI=1S/C22H48N10.2ClH/c1-3-5-7-11-15-27-19(23)31-21(25)29-17-13-9-10-14-18-30-22(26)32-20(24)28-16-12-8-6-4-2;;/h3-18H2,1-2H3,(H5,23,25,27,29,31)(H5,24,26,28,30,32);2*1H. The Labute approximate surface area is 219 Å². The first-order chi connectivity index (χ1) is 15.5. The molecule has 0 heterocycles. The lowest BCUT2D eigenvalue weighted by molar-refractivity contribution is 0.618. The average Bonchev–Trinajstić information content (AvgIpc) is 2.75.